The summed E-state index contributed by atoms with van der Waals surface area (Å²) < 4.78 is 4.78. The topological polar surface area (TPSA) is 54.5 Å². The van der Waals surface area contributed by atoms with E-state index in [1.165, 1.54) is 7.11 Å². The van der Waals surface area contributed by atoms with Gasteiger partial charge in [-0.25, -0.2) is 9.78 Å². The van der Waals surface area contributed by atoms with Gasteiger partial charge >= 0.3 is 5.97 Å². The summed E-state index contributed by atoms with van der Waals surface area (Å²) in [6, 6.07) is 4.69. The van der Waals surface area contributed by atoms with E-state index < -0.39 is 0 Å². The highest BCUT2D eigenvalue weighted by atomic mass is 16.5. The van der Waals surface area contributed by atoms with Crippen LogP contribution in [0.4, 0.5) is 5.82 Å². The van der Waals surface area contributed by atoms with Crippen LogP contribution in [0.1, 0.15) is 42.7 Å². The van der Waals surface area contributed by atoms with Crippen molar-refractivity contribution >= 4 is 11.8 Å². The third-order valence-corrected chi connectivity index (χ3v) is 4.23. The van der Waals surface area contributed by atoms with Gasteiger partial charge in [-0.3, -0.25) is 0 Å². The van der Waals surface area contributed by atoms with Crippen molar-refractivity contribution in [3.8, 4) is 0 Å². The molecule has 116 valence electrons. The zero-order chi connectivity index (χ0) is 15.4. The summed E-state index contributed by atoms with van der Waals surface area (Å²) in [5, 5.41) is 3.58. The number of aryl methyl sites for hydroxylation is 1. The van der Waals surface area contributed by atoms with Crippen LogP contribution < -0.4 is 10.2 Å². The van der Waals surface area contributed by atoms with Gasteiger partial charge in [0.25, 0.3) is 0 Å². The first-order valence-corrected chi connectivity index (χ1v) is 7.66. The number of hydrogen-bond donors (Lipinski definition) is 1. The van der Waals surface area contributed by atoms with Crippen molar-refractivity contribution in [1.82, 2.24) is 10.3 Å². The van der Waals surface area contributed by atoms with E-state index in [9.17, 15) is 4.79 Å². The van der Waals surface area contributed by atoms with E-state index >= 15 is 0 Å². The minimum Gasteiger partial charge on any atom is -0.465 e. The Bertz CT molecular complexity index is 504. The van der Waals surface area contributed by atoms with Gasteiger partial charge in [0.15, 0.2) is 0 Å². The van der Waals surface area contributed by atoms with Gasteiger partial charge in [-0.15, -0.1) is 0 Å². The number of nitrogens with zero attached hydrogens (tertiary/aromatic N) is 2. The molecular formula is C16H25N3O2. The molecule has 2 heterocycles. The number of methoxy groups -OCH3 is 1. The Kier molecular flexibility index (Phi) is 5.17. The lowest BCUT2D eigenvalue weighted by Crippen LogP contribution is -2.56. The number of piperazine rings is 1. The third-order valence-electron chi connectivity index (χ3n) is 4.23. The predicted molar refractivity (Wildman–Crippen MR) is 83.8 cm³/mol. The number of esters is 1. The number of rotatable bonds is 4. The van der Waals surface area contributed by atoms with E-state index in [0.29, 0.717) is 17.6 Å². The van der Waals surface area contributed by atoms with Crippen molar-refractivity contribution in [3.63, 3.8) is 0 Å². The quantitative estimate of drug-likeness (QED) is 0.861. The summed E-state index contributed by atoms with van der Waals surface area (Å²) in [5.41, 5.74) is 1.26. The first-order chi connectivity index (χ1) is 10.1. The highest BCUT2D eigenvalue weighted by Gasteiger charge is 2.27. The second-order valence-corrected chi connectivity index (χ2v) is 5.52. The lowest BCUT2D eigenvalue weighted by Gasteiger charge is -2.41. The van der Waals surface area contributed by atoms with Gasteiger partial charge in [-0.2, -0.15) is 0 Å². The SMILES string of the molecule is CCC1CN(c2ccc(C(=O)OC)c(C)n2)C(CC)CN1. The van der Waals surface area contributed by atoms with Crippen LogP contribution >= 0.6 is 0 Å². The molecular weight excluding hydrogens is 266 g/mol. The molecule has 1 fully saturated rings. The highest BCUT2D eigenvalue weighted by Crippen LogP contribution is 2.22. The number of pyridine rings is 1. The summed E-state index contributed by atoms with van der Waals surface area (Å²) in [6.07, 6.45) is 2.18. The fraction of sp³-hybridized carbons (Fsp3) is 0.625. The number of carbonyl (C=O) groups excluding carboxylic acids is 1. The van der Waals surface area contributed by atoms with Crippen LogP contribution in [0.2, 0.25) is 0 Å². The molecule has 2 atom stereocenters. The second kappa shape index (κ2) is 6.89. The summed E-state index contributed by atoms with van der Waals surface area (Å²) in [4.78, 5) is 18.6. The van der Waals surface area contributed by atoms with Crippen LogP contribution in [0.15, 0.2) is 12.1 Å². The molecule has 5 heteroatoms. The van der Waals surface area contributed by atoms with E-state index in [-0.39, 0.29) is 5.97 Å². The van der Waals surface area contributed by atoms with E-state index in [2.05, 4.69) is 29.0 Å². The Morgan fingerprint density at radius 3 is 2.76 bits per heavy atom. The molecule has 2 rings (SSSR count). The Balaban J connectivity index is 2.26. The van der Waals surface area contributed by atoms with Gasteiger partial charge in [-0.05, 0) is 31.9 Å². The van der Waals surface area contributed by atoms with Crippen LogP contribution in [0.25, 0.3) is 0 Å². The van der Waals surface area contributed by atoms with Crippen molar-refractivity contribution in [1.29, 1.82) is 0 Å². The molecule has 1 saturated heterocycles. The number of hydrogen-bond acceptors (Lipinski definition) is 5. The van der Waals surface area contributed by atoms with Crippen LogP contribution in [0.5, 0.6) is 0 Å². The first-order valence-electron chi connectivity index (χ1n) is 7.66. The van der Waals surface area contributed by atoms with Gasteiger partial charge in [-0.1, -0.05) is 13.8 Å². The standard InChI is InChI=1S/C16H25N3O2/c1-5-12-10-19(13(6-2)9-17-12)15-8-7-14(11(3)18-15)16(20)21-4/h7-8,12-13,17H,5-6,9-10H2,1-4H3. The van der Waals surface area contributed by atoms with E-state index in [0.717, 1.165) is 37.4 Å². The fourth-order valence-corrected chi connectivity index (χ4v) is 2.82. The molecule has 2 unspecified atom stereocenters. The molecule has 5 nitrogen and oxygen atoms in total. The summed E-state index contributed by atoms with van der Waals surface area (Å²) in [6.45, 7) is 8.19. The van der Waals surface area contributed by atoms with Gasteiger partial charge in [0, 0.05) is 25.2 Å². The Morgan fingerprint density at radius 2 is 2.19 bits per heavy atom. The van der Waals surface area contributed by atoms with Gasteiger partial charge in [0.2, 0.25) is 0 Å². The van der Waals surface area contributed by atoms with Crippen molar-refractivity contribution in [2.24, 2.45) is 0 Å². The molecule has 1 aliphatic rings. The normalized spacial score (nSPS) is 22.2. The zero-order valence-electron chi connectivity index (χ0n) is 13.3. The van der Waals surface area contributed by atoms with Gasteiger partial charge in [0.05, 0.1) is 18.4 Å². The fourth-order valence-electron chi connectivity index (χ4n) is 2.82. The molecule has 0 radical (unpaired) electrons. The largest absolute Gasteiger partial charge is 0.465 e. The Labute approximate surface area is 126 Å². The van der Waals surface area contributed by atoms with Gasteiger partial charge < -0.3 is 15.0 Å². The third kappa shape index (κ3) is 3.35. The van der Waals surface area contributed by atoms with Crippen LogP contribution in [0.3, 0.4) is 0 Å². The second-order valence-electron chi connectivity index (χ2n) is 5.52. The molecule has 0 amide bonds. The van der Waals surface area contributed by atoms with Crippen molar-refractivity contribution in [3.05, 3.63) is 23.4 Å². The number of ether oxygens (including phenoxy) is 1. The van der Waals surface area contributed by atoms with E-state index in [1.807, 2.05) is 19.1 Å². The average Bonchev–Trinajstić information content (AvgIpc) is 2.53. The summed E-state index contributed by atoms with van der Waals surface area (Å²) in [7, 11) is 1.39. The number of anilines is 1. The molecule has 0 aliphatic carbocycles. The minimum absolute atomic E-state index is 0.328. The van der Waals surface area contributed by atoms with Crippen molar-refractivity contribution in [2.45, 2.75) is 45.7 Å². The van der Waals surface area contributed by atoms with Crippen LogP contribution in [-0.4, -0.2) is 43.2 Å². The smallest absolute Gasteiger partial charge is 0.339 e. The van der Waals surface area contributed by atoms with Crippen molar-refractivity contribution in [2.75, 3.05) is 25.1 Å². The molecule has 1 aromatic rings. The lowest BCUT2D eigenvalue weighted by atomic mass is 10.0. The van der Waals surface area contributed by atoms with E-state index in [1.54, 1.807) is 0 Å². The molecule has 0 aromatic carbocycles. The van der Waals surface area contributed by atoms with Crippen molar-refractivity contribution < 1.29 is 9.53 Å². The molecule has 1 N–H and O–H groups in total. The van der Waals surface area contributed by atoms with Crippen LogP contribution in [-0.2, 0) is 4.74 Å². The first kappa shape index (κ1) is 15.8. The Hall–Kier alpha value is -1.62. The van der Waals surface area contributed by atoms with Crippen LogP contribution in [0, 0.1) is 6.92 Å². The maximum Gasteiger partial charge on any atom is 0.339 e. The molecule has 1 aromatic heterocycles. The number of aromatic nitrogens is 1. The minimum atomic E-state index is -0.328. The maximum atomic E-state index is 11.7. The average molecular weight is 291 g/mol. The molecule has 1 aliphatic heterocycles. The highest BCUT2D eigenvalue weighted by molar-refractivity contribution is 5.90. The summed E-state index contributed by atoms with van der Waals surface area (Å²) >= 11 is 0. The molecule has 0 bridgehead atoms. The van der Waals surface area contributed by atoms with Gasteiger partial charge in [0.1, 0.15) is 5.82 Å². The number of carbonyl (C=O) groups is 1. The number of nitrogens with one attached hydrogen (secondary N) is 1. The lowest BCUT2D eigenvalue weighted by molar-refractivity contribution is 0.0599. The molecule has 0 saturated carbocycles. The molecule has 0 spiro atoms. The molecule has 21 heavy (non-hydrogen) atoms. The predicted octanol–water partition coefficient (Wildman–Crippen LogP) is 2.14. The maximum absolute atomic E-state index is 11.7. The summed E-state index contributed by atoms with van der Waals surface area (Å²) in [5.74, 6) is 0.622. The monoisotopic (exact) mass is 291 g/mol. The Morgan fingerprint density at radius 1 is 1.43 bits per heavy atom. The zero-order valence-corrected chi connectivity index (χ0v) is 13.3. The van der Waals surface area contributed by atoms with E-state index in [4.69, 9.17) is 4.74 Å².